The maximum absolute atomic E-state index is 13.6. The van der Waals surface area contributed by atoms with E-state index in [9.17, 15) is 32.8 Å². The number of Topliss-reactive ketones (excluding diaryl/α,β-unsaturated/α-hetero) is 2. The molecule has 0 radical (unpaired) electrons. The van der Waals surface area contributed by atoms with Gasteiger partial charge < -0.3 is 14.8 Å². The first-order valence-electron chi connectivity index (χ1n) is 11.4. The fourth-order valence-corrected chi connectivity index (χ4v) is 8.70. The van der Waals surface area contributed by atoms with Crippen LogP contribution in [0.1, 0.15) is 65.2 Å². The molecular formula is C22H33Cl2NaO8S. The number of rotatable bonds is 4. The van der Waals surface area contributed by atoms with Crippen molar-refractivity contribution in [3.05, 3.63) is 0 Å². The summed E-state index contributed by atoms with van der Waals surface area (Å²) in [6.07, 6.45) is 3.84. The van der Waals surface area contributed by atoms with Crippen molar-refractivity contribution in [1.82, 2.24) is 0 Å². The Hall–Kier alpha value is 0.710. The molecule has 34 heavy (non-hydrogen) atoms. The second kappa shape index (κ2) is 11.2. The third-order valence-electron chi connectivity index (χ3n) is 9.28. The maximum Gasteiger partial charge on any atom is 1.00 e. The maximum atomic E-state index is 13.6. The predicted molar refractivity (Wildman–Crippen MR) is 120 cm³/mol. The summed E-state index contributed by atoms with van der Waals surface area (Å²) >= 11 is 9.53. The van der Waals surface area contributed by atoms with Gasteiger partial charge in [0.25, 0.3) is 0 Å². The van der Waals surface area contributed by atoms with E-state index < -0.39 is 33.8 Å². The first-order chi connectivity index (χ1) is 15.3. The van der Waals surface area contributed by atoms with Gasteiger partial charge in [-0.25, -0.2) is 8.42 Å². The molecule has 4 fully saturated rings. The van der Waals surface area contributed by atoms with Gasteiger partial charge >= 0.3 is 29.6 Å². The zero-order chi connectivity index (χ0) is 24.8. The minimum absolute atomic E-state index is 0. The van der Waals surface area contributed by atoms with E-state index in [1.54, 1.807) is 6.92 Å². The van der Waals surface area contributed by atoms with Gasteiger partial charge in [-0.15, -0.1) is 23.2 Å². The molecule has 0 heterocycles. The Morgan fingerprint density at radius 2 is 1.79 bits per heavy atom. The Morgan fingerprint density at radius 3 is 2.35 bits per heavy atom. The fourth-order valence-electron chi connectivity index (χ4n) is 7.98. The second-order valence-electron chi connectivity index (χ2n) is 10.6. The normalized spacial score (nSPS) is 43.4. The number of alkyl halides is 2. The molecule has 12 heteroatoms. The third kappa shape index (κ3) is 5.18. The Morgan fingerprint density at radius 1 is 1.18 bits per heavy atom. The average molecular weight is 551 g/mol. The number of carbonyl (C=O) groups is 2. The van der Waals surface area contributed by atoms with E-state index in [1.165, 1.54) is 0 Å². The van der Waals surface area contributed by atoms with Crippen molar-refractivity contribution in [2.45, 2.75) is 76.9 Å². The van der Waals surface area contributed by atoms with E-state index in [4.69, 9.17) is 27.4 Å². The molecule has 0 aromatic heterocycles. The number of carbonyl (C=O) groups excluding carboxylic acids is 2. The SMILES string of the molecule is C[C@]12CC[C@@H](O)C[C@H]1CC[C@@H]1[C@@H]2C(=O)C[C@@]2(C)[C@H]1CC[C@]2(OS(=O)(=O)[O-])C(=O)CO.ClCCl.[Na+]. The number of ketones is 2. The van der Waals surface area contributed by atoms with Crippen molar-refractivity contribution in [3.8, 4) is 0 Å². The van der Waals surface area contributed by atoms with Crippen molar-refractivity contribution in [1.29, 1.82) is 0 Å². The van der Waals surface area contributed by atoms with Crippen LogP contribution in [0.4, 0.5) is 0 Å². The molecule has 0 amide bonds. The van der Waals surface area contributed by atoms with Crippen LogP contribution in [0.2, 0.25) is 0 Å². The molecule has 0 unspecified atom stereocenters. The summed E-state index contributed by atoms with van der Waals surface area (Å²) in [6, 6.07) is 0. The Bertz CT molecular complexity index is 888. The number of aliphatic hydroxyl groups is 2. The third-order valence-corrected chi connectivity index (χ3v) is 9.77. The van der Waals surface area contributed by atoms with E-state index >= 15 is 0 Å². The number of aliphatic hydroxyl groups excluding tert-OH is 2. The number of hydrogen-bond acceptors (Lipinski definition) is 8. The number of hydrogen-bond donors (Lipinski definition) is 2. The summed E-state index contributed by atoms with van der Waals surface area (Å²) in [7, 11) is -5.21. The molecule has 0 aromatic rings. The van der Waals surface area contributed by atoms with Crippen LogP contribution in [-0.2, 0) is 24.2 Å². The van der Waals surface area contributed by atoms with Crippen LogP contribution in [0, 0.1) is 34.5 Å². The molecule has 4 aliphatic rings. The smallest absolute Gasteiger partial charge is 0.725 e. The molecule has 190 valence electrons. The fraction of sp³-hybridized carbons (Fsp3) is 0.909. The summed E-state index contributed by atoms with van der Waals surface area (Å²) in [5, 5.41) is 19.9. The largest absolute Gasteiger partial charge is 1.00 e. The quantitative estimate of drug-likeness (QED) is 0.211. The monoisotopic (exact) mass is 550 g/mol. The van der Waals surface area contributed by atoms with Gasteiger partial charge in [0.1, 0.15) is 12.4 Å². The number of fused-ring (bicyclic) bond motifs is 5. The van der Waals surface area contributed by atoms with Crippen LogP contribution in [-0.4, -0.2) is 58.4 Å². The minimum atomic E-state index is -5.21. The van der Waals surface area contributed by atoms with Crippen LogP contribution in [0.25, 0.3) is 0 Å². The molecule has 2 N–H and O–H groups in total. The van der Waals surface area contributed by atoms with Crippen LogP contribution >= 0.6 is 23.2 Å². The summed E-state index contributed by atoms with van der Waals surface area (Å²) in [5.41, 5.74) is -3.37. The van der Waals surface area contributed by atoms with Gasteiger partial charge in [0.2, 0.25) is 10.4 Å². The Balaban J connectivity index is 0.000000970. The molecule has 0 aromatic carbocycles. The molecule has 0 saturated heterocycles. The molecular weight excluding hydrogens is 518 g/mol. The zero-order valence-corrected chi connectivity index (χ0v) is 24.3. The minimum Gasteiger partial charge on any atom is -0.725 e. The summed E-state index contributed by atoms with van der Waals surface area (Å²) in [4.78, 5) is 26.3. The van der Waals surface area contributed by atoms with E-state index in [0.717, 1.165) is 19.3 Å². The summed E-state index contributed by atoms with van der Waals surface area (Å²) < 4.78 is 39.5. The van der Waals surface area contributed by atoms with Crippen LogP contribution in [0.5, 0.6) is 0 Å². The predicted octanol–water partition coefficient (Wildman–Crippen LogP) is -0.228. The van der Waals surface area contributed by atoms with Crippen LogP contribution in [0.15, 0.2) is 0 Å². The van der Waals surface area contributed by atoms with Crippen molar-refractivity contribution in [2.24, 2.45) is 34.5 Å². The second-order valence-corrected chi connectivity index (χ2v) is 12.3. The topological polar surface area (TPSA) is 141 Å². The van der Waals surface area contributed by atoms with Gasteiger partial charge in [0, 0.05) is 17.8 Å². The van der Waals surface area contributed by atoms with Gasteiger partial charge in [-0.2, -0.15) is 0 Å². The van der Waals surface area contributed by atoms with E-state index in [1.807, 2.05) is 0 Å². The molecule has 4 rings (SSSR count). The molecule has 4 saturated carbocycles. The summed E-state index contributed by atoms with van der Waals surface area (Å²) in [6.45, 7) is 2.87. The van der Waals surface area contributed by atoms with Crippen molar-refractivity contribution in [3.63, 3.8) is 0 Å². The van der Waals surface area contributed by atoms with Gasteiger partial charge in [-0.3, -0.25) is 13.8 Å². The Kier molecular flexibility index (Phi) is 10.2. The molecule has 0 bridgehead atoms. The van der Waals surface area contributed by atoms with Crippen molar-refractivity contribution >= 4 is 45.2 Å². The molecule has 0 spiro atoms. The average Bonchev–Trinajstić information content (AvgIpc) is 2.99. The molecule has 8 nitrogen and oxygen atoms in total. The molecule has 8 atom stereocenters. The van der Waals surface area contributed by atoms with E-state index in [2.05, 4.69) is 6.92 Å². The van der Waals surface area contributed by atoms with Gasteiger partial charge in [-0.05, 0) is 68.1 Å². The van der Waals surface area contributed by atoms with Crippen LogP contribution < -0.4 is 29.6 Å². The first kappa shape index (κ1) is 30.9. The summed E-state index contributed by atoms with van der Waals surface area (Å²) in [5.74, 6) is -0.990. The number of halogens is 2. The van der Waals surface area contributed by atoms with E-state index in [-0.39, 0.29) is 88.7 Å². The van der Waals surface area contributed by atoms with Gasteiger partial charge in [0.15, 0.2) is 11.4 Å². The Labute approximate surface area is 233 Å². The first-order valence-corrected chi connectivity index (χ1v) is 13.8. The van der Waals surface area contributed by atoms with Crippen molar-refractivity contribution < 1.29 is 66.5 Å². The van der Waals surface area contributed by atoms with Crippen molar-refractivity contribution in [2.75, 3.05) is 11.9 Å². The van der Waals surface area contributed by atoms with E-state index in [0.29, 0.717) is 19.3 Å². The van der Waals surface area contributed by atoms with Gasteiger partial charge in [-0.1, -0.05) is 13.8 Å². The standard InChI is InChI=1S/C21H32O8S.CH2Cl2.Na/c1-19-7-5-13(23)9-12(19)3-4-14-15-6-8-21(17(25)11-22,29-30(26,27)28)20(15,2)10-16(24)18(14)19;2-1-3;/h12-15,18,22-23H,3-11H2,1-2H3,(H,26,27,28);1H2;/q;;+1/p-1/t12-,13-,14+,15+,18-,19+,20+,21+;;/m1../s1. The zero-order valence-electron chi connectivity index (χ0n) is 20.0. The van der Waals surface area contributed by atoms with Gasteiger partial charge in [0.05, 0.1) is 11.4 Å². The van der Waals surface area contributed by atoms with Crippen LogP contribution in [0.3, 0.4) is 0 Å². The molecule has 0 aliphatic heterocycles. The molecule has 4 aliphatic carbocycles.